The molecule has 0 spiro atoms. The van der Waals surface area contributed by atoms with Gasteiger partial charge in [0.15, 0.2) is 0 Å². The molecule has 0 heterocycles. The minimum absolute atomic E-state index is 0.253. The highest BCUT2D eigenvalue weighted by Crippen LogP contribution is 2.41. The number of benzene rings is 1. The lowest BCUT2D eigenvalue weighted by molar-refractivity contribution is 0.399. The van der Waals surface area contributed by atoms with Crippen molar-refractivity contribution in [3.8, 4) is 5.75 Å². The lowest BCUT2D eigenvalue weighted by Crippen LogP contribution is -2.13. The lowest BCUT2D eigenvalue weighted by atomic mass is 9.88. The van der Waals surface area contributed by atoms with Crippen LogP contribution in [0.5, 0.6) is 5.75 Å². The van der Waals surface area contributed by atoms with Gasteiger partial charge >= 0.3 is 0 Å². The minimum Gasteiger partial charge on any atom is -0.496 e. The van der Waals surface area contributed by atoms with Crippen molar-refractivity contribution in [2.24, 2.45) is 0 Å². The Labute approximate surface area is 115 Å². The van der Waals surface area contributed by atoms with Crippen molar-refractivity contribution in [1.82, 2.24) is 0 Å². The Hall–Kier alpha value is -0.690. The van der Waals surface area contributed by atoms with E-state index in [1.54, 1.807) is 7.11 Å². The largest absolute Gasteiger partial charge is 0.496 e. The van der Waals surface area contributed by atoms with Crippen molar-refractivity contribution in [3.05, 3.63) is 28.8 Å². The van der Waals surface area contributed by atoms with E-state index >= 15 is 0 Å². The number of hydrogen-bond donors (Lipinski definition) is 0. The Bertz CT molecular complexity index is 414. The van der Waals surface area contributed by atoms with Crippen LogP contribution in [0.2, 0.25) is 0 Å². The molecule has 0 amide bonds. The summed E-state index contributed by atoms with van der Waals surface area (Å²) >= 11 is 6.59. The predicted molar refractivity (Wildman–Crippen MR) is 77.9 cm³/mol. The molecular formula is C16H23ClO. The average molecular weight is 267 g/mol. The summed E-state index contributed by atoms with van der Waals surface area (Å²) < 4.78 is 5.64. The van der Waals surface area contributed by atoms with Crippen molar-refractivity contribution in [2.45, 2.75) is 57.2 Å². The molecule has 2 unspecified atom stereocenters. The van der Waals surface area contributed by atoms with Gasteiger partial charge in [-0.05, 0) is 43.4 Å². The van der Waals surface area contributed by atoms with E-state index in [0.717, 1.165) is 12.2 Å². The van der Waals surface area contributed by atoms with Gasteiger partial charge in [-0.15, -0.1) is 11.6 Å². The SMILES string of the molecule is COc1c(C2CCCCCC2Cl)ccc(C)c1C. The van der Waals surface area contributed by atoms with Crippen molar-refractivity contribution in [1.29, 1.82) is 0 Å². The van der Waals surface area contributed by atoms with Crippen molar-refractivity contribution in [2.75, 3.05) is 7.11 Å². The smallest absolute Gasteiger partial charge is 0.125 e. The number of hydrogen-bond acceptors (Lipinski definition) is 1. The maximum absolute atomic E-state index is 6.59. The monoisotopic (exact) mass is 266 g/mol. The zero-order chi connectivity index (χ0) is 13.1. The summed E-state index contributed by atoms with van der Waals surface area (Å²) in [7, 11) is 1.77. The lowest BCUT2D eigenvalue weighted by Gasteiger charge is -2.24. The molecule has 1 nitrogen and oxygen atoms in total. The fourth-order valence-corrected chi connectivity index (χ4v) is 3.40. The fourth-order valence-electron chi connectivity index (χ4n) is 2.99. The first-order chi connectivity index (χ1) is 8.65. The number of alkyl halides is 1. The molecule has 1 aromatic rings. The second kappa shape index (κ2) is 5.97. The molecule has 2 heteroatoms. The quantitative estimate of drug-likeness (QED) is 0.543. The third-order valence-electron chi connectivity index (χ3n) is 4.24. The molecule has 0 radical (unpaired) electrons. The summed E-state index contributed by atoms with van der Waals surface area (Å²) in [6.45, 7) is 4.27. The number of methoxy groups -OCH3 is 1. The Balaban J connectivity index is 2.39. The van der Waals surface area contributed by atoms with Crippen LogP contribution in [0.4, 0.5) is 0 Å². The van der Waals surface area contributed by atoms with E-state index < -0.39 is 0 Å². The van der Waals surface area contributed by atoms with Gasteiger partial charge in [-0.25, -0.2) is 0 Å². The van der Waals surface area contributed by atoms with E-state index in [1.165, 1.54) is 42.4 Å². The zero-order valence-corrected chi connectivity index (χ0v) is 12.4. The van der Waals surface area contributed by atoms with E-state index in [9.17, 15) is 0 Å². The highest BCUT2D eigenvalue weighted by Gasteiger charge is 2.26. The highest BCUT2D eigenvalue weighted by atomic mass is 35.5. The molecule has 2 rings (SSSR count). The van der Waals surface area contributed by atoms with Gasteiger partial charge in [0, 0.05) is 11.3 Å². The van der Waals surface area contributed by atoms with Crippen LogP contribution in [0.25, 0.3) is 0 Å². The van der Waals surface area contributed by atoms with Crippen LogP contribution < -0.4 is 4.74 Å². The number of aryl methyl sites for hydroxylation is 1. The third kappa shape index (κ3) is 2.66. The van der Waals surface area contributed by atoms with Crippen molar-refractivity contribution >= 4 is 11.6 Å². The third-order valence-corrected chi connectivity index (χ3v) is 4.76. The molecule has 100 valence electrons. The van der Waals surface area contributed by atoms with Crippen LogP contribution in [0.1, 0.15) is 54.7 Å². The Morgan fingerprint density at radius 2 is 1.83 bits per heavy atom. The Morgan fingerprint density at radius 3 is 2.56 bits per heavy atom. The molecule has 1 aromatic carbocycles. The van der Waals surface area contributed by atoms with E-state index in [2.05, 4.69) is 26.0 Å². The van der Waals surface area contributed by atoms with Gasteiger partial charge in [-0.1, -0.05) is 31.4 Å². The van der Waals surface area contributed by atoms with Gasteiger partial charge in [0.25, 0.3) is 0 Å². The van der Waals surface area contributed by atoms with E-state index in [1.807, 2.05) is 0 Å². The number of rotatable bonds is 2. The topological polar surface area (TPSA) is 9.23 Å². The van der Waals surface area contributed by atoms with Gasteiger partial charge in [0.05, 0.1) is 7.11 Å². The molecule has 0 bridgehead atoms. The molecule has 0 aromatic heterocycles. The van der Waals surface area contributed by atoms with Crippen LogP contribution in [0.3, 0.4) is 0 Å². The first-order valence-corrected chi connectivity index (χ1v) is 7.37. The number of ether oxygens (including phenoxy) is 1. The van der Waals surface area contributed by atoms with Gasteiger partial charge in [-0.3, -0.25) is 0 Å². The van der Waals surface area contributed by atoms with Gasteiger partial charge in [0.2, 0.25) is 0 Å². The summed E-state index contributed by atoms with van der Waals surface area (Å²) in [6, 6.07) is 4.41. The van der Waals surface area contributed by atoms with Gasteiger partial charge in [0.1, 0.15) is 5.75 Å². The maximum Gasteiger partial charge on any atom is 0.125 e. The minimum atomic E-state index is 0.253. The summed E-state index contributed by atoms with van der Waals surface area (Å²) in [5.41, 5.74) is 3.85. The van der Waals surface area contributed by atoms with Crippen molar-refractivity contribution in [3.63, 3.8) is 0 Å². The Kier molecular flexibility index (Phi) is 4.55. The summed E-state index contributed by atoms with van der Waals surface area (Å²) in [5, 5.41) is 0.253. The van der Waals surface area contributed by atoms with Crippen molar-refractivity contribution < 1.29 is 4.74 Å². The second-order valence-corrected chi connectivity index (χ2v) is 5.95. The standard InChI is InChI=1S/C16H23ClO/c1-11-9-10-14(16(18-3)12(11)2)13-7-5-4-6-8-15(13)17/h9-10,13,15H,4-8H2,1-3H3. The molecule has 1 fully saturated rings. The first kappa shape index (κ1) is 13.7. The molecule has 0 N–H and O–H groups in total. The molecule has 18 heavy (non-hydrogen) atoms. The van der Waals surface area contributed by atoms with Crippen LogP contribution in [-0.4, -0.2) is 12.5 Å². The Morgan fingerprint density at radius 1 is 1.11 bits per heavy atom. The summed E-state index contributed by atoms with van der Waals surface area (Å²) in [6.07, 6.45) is 6.17. The van der Waals surface area contributed by atoms with Gasteiger partial charge in [-0.2, -0.15) is 0 Å². The van der Waals surface area contributed by atoms with E-state index in [-0.39, 0.29) is 5.38 Å². The molecule has 0 saturated heterocycles. The molecule has 2 atom stereocenters. The second-order valence-electron chi connectivity index (χ2n) is 5.39. The maximum atomic E-state index is 6.59. The van der Waals surface area contributed by atoms with Crippen LogP contribution >= 0.6 is 11.6 Å². The van der Waals surface area contributed by atoms with E-state index in [4.69, 9.17) is 16.3 Å². The van der Waals surface area contributed by atoms with Crippen LogP contribution in [-0.2, 0) is 0 Å². The molecule has 1 aliphatic carbocycles. The molecule has 1 saturated carbocycles. The van der Waals surface area contributed by atoms with Crippen LogP contribution in [0, 0.1) is 13.8 Å². The van der Waals surface area contributed by atoms with E-state index in [0.29, 0.717) is 5.92 Å². The predicted octanol–water partition coefficient (Wildman–Crippen LogP) is 4.97. The molecule has 0 aliphatic heterocycles. The van der Waals surface area contributed by atoms with Crippen LogP contribution in [0.15, 0.2) is 12.1 Å². The first-order valence-electron chi connectivity index (χ1n) is 6.93. The summed E-state index contributed by atoms with van der Waals surface area (Å²) in [5.74, 6) is 1.50. The van der Waals surface area contributed by atoms with Gasteiger partial charge < -0.3 is 4.74 Å². The highest BCUT2D eigenvalue weighted by molar-refractivity contribution is 6.21. The summed E-state index contributed by atoms with van der Waals surface area (Å²) in [4.78, 5) is 0. The fraction of sp³-hybridized carbons (Fsp3) is 0.625. The molecule has 1 aliphatic rings. The number of halogens is 1. The molecular weight excluding hydrogens is 244 g/mol. The average Bonchev–Trinajstić information content (AvgIpc) is 2.57. The zero-order valence-electron chi connectivity index (χ0n) is 11.6. The normalized spacial score (nSPS) is 24.7.